The minimum atomic E-state index is -2.61. The molecule has 0 spiro atoms. The number of benzene rings is 2. The van der Waals surface area contributed by atoms with E-state index in [0.717, 1.165) is 29.5 Å². The summed E-state index contributed by atoms with van der Waals surface area (Å²) in [5, 5.41) is 2.69. The van der Waals surface area contributed by atoms with Crippen molar-refractivity contribution in [2.45, 2.75) is 45.1 Å². The number of ether oxygens (including phenoxy) is 2. The largest absolute Gasteiger partial charge is 0.488 e. The maximum Gasteiger partial charge on any atom is 0.411 e. The van der Waals surface area contributed by atoms with Crippen LogP contribution in [-0.4, -0.2) is 13.2 Å². The van der Waals surface area contributed by atoms with Gasteiger partial charge in [-0.05, 0) is 54.5 Å². The molecule has 27 heavy (non-hydrogen) atoms. The van der Waals surface area contributed by atoms with Gasteiger partial charge in [0.05, 0.1) is 18.4 Å². The Morgan fingerprint density at radius 1 is 1.26 bits per heavy atom. The highest BCUT2D eigenvalue weighted by Gasteiger charge is 2.28. The zero-order valence-corrected chi connectivity index (χ0v) is 15.4. The van der Waals surface area contributed by atoms with Crippen molar-refractivity contribution >= 4 is 11.8 Å². The summed E-state index contributed by atoms with van der Waals surface area (Å²) in [5.74, 6) is 0.580. The van der Waals surface area contributed by atoms with Crippen molar-refractivity contribution in [3.63, 3.8) is 0 Å². The maximum absolute atomic E-state index is 13.4. The SMILES string of the molecule is CCc1ccc(OCc2c(NC(=O)OC)cccc2C2CC2)c(C(F)F)c1. The molecular weight excluding hydrogens is 352 g/mol. The van der Waals surface area contributed by atoms with Crippen LogP contribution in [-0.2, 0) is 17.8 Å². The second-order valence-electron chi connectivity index (χ2n) is 6.58. The van der Waals surface area contributed by atoms with Crippen LogP contribution >= 0.6 is 0 Å². The number of halogens is 2. The molecule has 0 unspecified atom stereocenters. The molecule has 0 aromatic heterocycles. The Labute approximate surface area is 157 Å². The van der Waals surface area contributed by atoms with Crippen LogP contribution in [0.3, 0.4) is 0 Å². The average molecular weight is 375 g/mol. The van der Waals surface area contributed by atoms with Gasteiger partial charge in [0.2, 0.25) is 0 Å². The van der Waals surface area contributed by atoms with Crippen LogP contribution in [0.5, 0.6) is 5.75 Å². The second-order valence-corrected chi connectivity index (χ2v) is 6.58. The van der Waals surface area contributed by atoms with E-state index in [-0.39, 0.29) is 17.9 Å². The standard InChI is InChI=1S/C21H23F2NO3/c1-3-13-7-10-19(16(11-13)20(22)23)27-12-17-15(14-8-9-14)5-4-6-18(17)24-21(25)26-2/h4-7,10-11,14,20H,3,8-9,12H2,1-2H3,(H,24,25). The van der Waals surface area contributed by atoms with Gasteiger partial charge in [0.15, 0.2) is 0 Å². The second kappa shape index (κ2) is 8.37. The lowest BCUT2D eigenvalue weighted by atomic mass is 10.0. The average Bonchev–Trinajstić information content (AvgIpc) is 3.51. The van der Waals surface area contributed by atoms with Crippen LogP contribution in [0.2, 0.25) is 0 Å². The molecule has 1 amide bonds. The van der Waals surface area contributed by atoms with Crippen LogP contribution in [0.4, 0.5) is 19.3 Å². The molecule has 1 N–H and O–H groups in total. The normalized spacial score (nSPS) is 13.5. The molecular formula is C21H23F2NO3. The Morgan fingerprint density at radius 3 is 2.67 bits per heavy atom. The van der Waals surface area contributed by atoms with Crippen LogP contribution in [0.15, 0.2) is 36.4 Å². The lowest BCUT2D eigenvalue weighted by Crippen LogP contribution is -2.14. The smallest absolute Gasteiger partial charge is 0.411 e. The van der Waals surface area contributed by atoms with Gasteiger partial charge in [-0.3, -0.25) is 5.32 Å². The van der Waals surface area contributed by atoms with Crippen molar-refractivity contribution in [3.8, 4) is 5.75 Å². The molecule has 2 aromatic carbocycles. The summed E-state index contributed by atoms with van der Waals surface area (Å²) in [5.41, 5.74) is 3.18. The molecule has 2 aromatic rings. The molecule has 0 bridgehead atoms. The number of carbonyl (C=O) groups is 1. The first-order chi connectivity index (χ1) is 13.0. The highest BCUT2D eigenvalue weighted by Crippen LogP contribution is 2.43. The molecule has 3 rings (SSSR count). The summed E-state index contributed by atoms with van der Waals surface area (Å²) in [7, 11) is 1.29. The number of nitrogens with one attached hydrogen (secondary N) is 1. The molecule has 1 saturated carbocycles. The highest BCUT2D eigenvalue weighted by atomic mass is 19.3. The number of anilines is 1. The number of hydrogen-bond acceptors (Lipinski definition) is 3. The van der Waals surface area contributed by atoms with E-state index in [9.17, 15) is 13.6 Å². The van der Waals surface area contributed by atoms with Crippen LogP contribution in [0.25, 0.3) is 0 Å². The van der Waals surface area contributed by atoms with E-state index in [4.69, 9.17) is 4.74 Å². The van der Waals surface area contributed by atoms with E-state index in [1.54, 1.807) is 18.2 Å². The summed E-state index contributed by atoms with van der Waals surface area (Å²) in [6.07, 6.45) is -0.371. The van der Waals surface area contributed by atoms with Crippen LogP contribution in [0.1, 0.15) is 54.4 Å². The zero-order chi connectivity index (χ0) is 19.4. The molecule has 1 aliphatic carbocycles. The quantitative estimate of drug-likeness (QED) is 0.663. The van der Waals surface area contributed by atoms with Crippen molar-refractivity contribution in [1.82, 2.24) is 0 Å². The van der Waals surface area contributed by atoms with Crippen molar-refractivity contribution in [2.24, 2.45) is 0 Å². The molecule has 144 valence electrons. The van der Waals surface area contributed by atoms with E-state index < -0.39 is 12.5 Å². The third-order valence-corrected chi connectivity index (χ3v) is 4.74. The van der Waals surface area contributed by atoms with E-state index in [1.807, 2.05) is 19.1 Å². The summed E-state index contributed by atoms with van der Waals surface area (Å²) < 4.78 is 37.3. The Hall–Kier alpha value is -2.63. The van der Waals surface area contributed by atoms with Gasteiger partial charge in [-0.1, -0.05) is 25.1 Å². The third-order valence-electron chi connectivity index (χ3n) is 4.74. The summed E-state index contributed by atoms with van der Waals surface area (Å²) in [6, 6.07) is 10.5. The van der Waals surface area contributed by atoms with E-state index >= 15 is 0 Å². The molecule has 0 aliphatic heterocycles. The monoisotopic (exact) mass is 375 g/mol. The fourth-order valence-corrected chi connectivity index (χ4v) is 3.09. The Balaban J connectivity index is 1.88. The Morgan fingerprint density at radius 2 is 2.04 bits per heavy atom. The van der Waals surface area contributed by atoms with Gasteiger partial charge in [0.25, 0.3) is 6.43 Å². The first kappa shape index (κ1) is 19.1. The minimum Gasteiger partial charge on any atom is -0.488 e. The van der Waals surface area contributed by atoms with Gasteiger partial charge >= 0.3 is 6.09 Å². The van der Waals surface area contributed by atoms with E-state index in [1.165, 1.54) is 13.2 Å². The molecule has 0 heterocycles. The van der Waals surface area contributed by atoms with Gasteiger partial charge in [-0.25, -0.2) is 13.6 Å². The first-order valence-electron chi connectivity index (χ1n) is 9.04. The number of carbonyl (C=O) groups excluding carboxylic acids is 1. The molecule has 1 fully saturated rings. The number of amides is 1. The minimum absolute atomic E-state index is 0.0944. The molecule has 4 nitrogen and oxygen atoms in total. The van der Waals surface area contributed by atoms with Crippen LogP contribution < -0.4 is 10.1 Å². The Kier molecular flexibility index (Phi) is 5.94. The molecule has 0 saturated heterocycles. The first-order valence-corrected chi connectivity index (χ1v) is 9.04. The highest BCUT2D eigenvalue weighted by molar-refractivity contribution is 5.86. The third kappa shape index (κ3) is 4.56. The maximum atomic E-state index is 13.4. The summed E-state index contributed by atoms with van der Waals surface area (Å²) in [4.78, 5) is 11.6. The van der Waals surface area contributed by atoms with Gasteiger partial charge in [0, 0.05) is 5.56 Å². The fraction of sp³-hybridized carbons (Fsp3) is 0.381. The summed E-state index contributed by atoms with van der Waals surface area (Å²) >= 11 is 0. The molecule has 6 heteroatoms. The predicted octanol–water partition coefficient (Wildman–Crippen LogP) is 5.82. The number of rotatable bonds is 7. The van der Waals surface area contributed by atoms with Gasteiger partial charge in [-0.15, -0.1) is 0 Å². The van der Waals surface area contributed by atoms with Crippen molar-refractivity contribution in [3.05, 3.63) is 58.7 Å². The van der Waals surface area contributed by atoms with Crippen molar-refractivity contribution in [2.75, 3.05) is 12.4 Å². The number of methoxy groups -OCH3 is 1. The van der Waals surface area contributed by atoms with E-state index in [2.05, 4.69) is 10.1 Å². The molecule has 0 atom stereocenters. The van der Waals surface area contributed by atoms with Gasteiger partial charge < -0.3 is 9.47 Å². The zero-order valence-electron chi connectivity index (χ0n) is 15.4. The molecule has 1 aliphatic rings. The topological polar surface area (TPSA) is 47.6 Å². The van der Waals surface area contributed by atoms with E-state index in [0.29, 0.717) is 18.0 Å². The van der Waals surface area contributed by atoms with Crippen molar-refractivity contribution in [1.29, 1.82) is 0 Å². The number of hydrogen-bond donors (Lipinski definition) is 1. The summed E-state index contributed by atoms with van der Waals surface area (Å²) in [6.45, 7) is 2.01. The van der Waals surface area contributed by atoms with Crippen molar-refractivity contribution < 1.29 is 23.0 Å². The predicted molar refractivity (Wildman–Crippen MR) is 99.6 cm³/mol. The lowest BCUT2D eigenvalue weighted by Gasteiger charge is -2.17. The Bertz CT molecular complexity index is 819. The molecule has 0 radical (unpaired) electrons. The lowest BCUT2D eigenvalue weighted by molar-refractivity contribution is 0.144. The number of aryl methyl sites for hydroxylation is 1. The van der Waals surface area contributed by atoms with Gasteiger partial charge in [-0.2, -0.15) is 0 Å². The fourth-order valence-electron chi connectivity index (χ4n) is 3.09. The number of alkyl halides is 2. The van der Waals surface area contributed by atoms with Gasteiger partial charge in [0.1, 0.15) is 12.4 Å². The van der Waals surface area contributed by atoms with Crippen LogP contribution in [0, 0.1) is 0 Å².